The first kappa shape index (κ1) is 10.4. The van der Waals surface area contributed by atoms with Crippen molar-refractivity contribution in [2.75, 3.05) is 11.9 Å². The van der Waals surface area contributed by atoms with Gasteiger partial charge in [0.1, 0.15) is 0 Å². The Bertz CT molecular complexity index is 248. The van der Waals surface area contributed by atoms with Gasteiger partial charge < -0.3 is 10.4 Å². The van der Waals surface area contributed by atoms with Gasteiger partial charge in [-0.3, -0.25) is 0 Å². The number of nitrogens with zero attached hydrogens (tertiary/aromatic N) is 2. The van der Waals surface area contributed by atoms with Crippen molar-refractivity contribution in [3.8, 4) is 0 Å². The molecule has 0 unspecified atom stereocenters. The predicted octanol–water partition coefficient (Wildman–Crippen LogP) is 1.42. The molecule has 0 aliphatic rings. The molecule has 0 aromatic carbocycles. The van der Waals surface area contributed by atoms with Crippen LogP contribution in [0.1, 0.15) is 13.3 Å². The number of halogens is 1. The molecule has 2 N–H and O–H groups in total. The van der Waals surface area contributed by atoms with Crippen LogP contribution in [0.3, 0.4) is 0 Å². The summed E-state index contributed by atoms with van der Waals surface area (Å²) in [6.45, 7) is 2.09. The minimum atomic E-state index is 0.0289. The molecule has 1 heterocycles. The molecule has 0 aliphatic carbocycles. The third kappa shape index (κ3) is 3.28. The molecular weight excluding hydrogens is 234 g/mol. The molecule has 1 atom stereocenters. The molecule has 0 aliphatic heterocycles. The van der Waals surface area contributed by atoms with Crippen LogP contribution in [-0.2, 0) is 0 Å². The van der Waals surface area contributed by atoms with Gasteiger partial charge in [0.2, 0.25) is 5.95 Å². The Morgan fingerprint density at radius 3 is 2.62 bits per heavy atom. The lowest BCUT2D eigenvalue weighted by atomic mass is 10.2. The third-order valence-electron chi connectivity index (χ3n) is 1.67. The summed E-state index contributed by atoms with van der Waals surface area (Å²) in [6.07, 6.45) is 4.18. The van der Waals surface area contributed by atoms with Gasteiger partial charge >= 0.3 is 0 Å². The number of aromatic nitrogens is 2. The molecule has 0 radical (unpaired) electrons. The molecule has 72 valence electrons. The van der Waals surface area contributed by atoms with Gasteiger partial charge in [0.05, 0.1) is 17.1 Å². The van der Waals surface area contributed by atoms with E-state index in [4.69, 9.17) is 5.11 Å². The highest BCUT2D eigenvalue weighted by atomic mass is 79.9. The number of aliphatic hydroxyl groups is 1. The molecule has 1 rings (SSSR count). The zero-order valence-electron chi connectivity index (χ0n) is 7.37. The second-order valence-electron chi connectivity index (χ2n) is 2.66. The molecule has 1 aromatic rings. The Hall–Kier alpha value is -0.680. The van der Waals surface area contributed by atoms with E-state index in [0.717, 1.165) is 10.9 Å². The highest BCUT2D eigenvalue weighted by Crippen LogP contribution is 2.08. The van der Waals surface area contributed by atoms with Crippen LogP contribution in [0.5, 0.6) is 0 Å². The molecule has 0 spiro atoms. The van der Waals surface area contributed by atoms with E-state index >= 15 is 0 Å². The SMILES string of the molecule is CC[C@@H](CO)Nc1ncc(Br)cn1. The van der Waals surface area contributed by atoms with Gasteiger partial charge in [0, 0.05) is 12.4 Å². The highest BCUT2D eigenvalue weighted by molar-refractivity contribution is 9.10. The summed E-state index contributed by atoms with van der Waals surface area (Å²) in [5.74, 6) is 0.545. The highest BCUT2D eigenvalue weighted by Gasteiger charge is 2.04. The monoisotopic (exact) mass is 245 g/mol. The van der Waals surface area contributed by atoms with Crippen molar-refractivity contribution in [1.29, 1.82) is 0 Å². The number of nitrogens with one attached hydrogen (secondary N) is 1. The normalized spacial score (nSPS) is 12.5. The second-order valence-corrected chi connectivity index (χ2v) is 3.57. The molecule has 0 fully saturated rings. The largest absolute Gasteiger partial charge is 0.394 e. The Kier molecular flexibility index (Phi) is 4.11. The van der Waals surface area contributed by atoms with Gasteiger partial charge in [-0.2, -0.15) is 0 Å². The zero-order chi connectivity index (χ0) is 9.68. The lowest BCUT2D eigenvalue weighted by Gasteiger charge is -2.12. The van der Waals surface area contributed by atoms with E-state index in [1.807, 2.05) is 6.92 Å². The molecule has 0 bridgehead atoms. The summed E-state index contributed by atoms with van der Waals surface area (Å²) < 4.78 is 0.843. The van der Waals surface area contributed by atoms with Crippen LogP contribution in [0, 0.1) is 0 Å². The zero-order valence-corrected chi connectivity index (χ0v) is 8.95. The summed E-state index contributed by atoms with van der Waals surface area (Å²) in [7, 11) is 0. The van der Waals surface area contributed by atoms with E-state index in [-0.39, 0.29) is 12.6 Å². The molecule has 0 saturated heterocycles. The average Bonchev–Trinajstić information content (AvgIpc) is 2.17. The van der Waals surface area contributed by atoms with Crippen molar-refractivity contribution >= 4 is 21.9 Å². The molecule has 1 aromatic heterocycles. The van der Waals surface area contributed by atoms with E-state index in [9.17, 15) is 0 Å². The molecule has 0 saturated carbocycles. The Balaban J connectivity index is 2.58. The summed E-state index contributed by atoms with van der Waals surface area (Å²) in [5, 5.41) is 11.9. The quantitative estimate of drug-likeness (QED) is 0.843. The maximum atomic E-state index is 8.91. The Morgan fingerprint density at radius 2 is 2.15 bits per heavy atom. The fourth-order valence-electron chi connectivity index (χ4n) is 0.846. The average molecular weight is 246 g/mol. The summed E-state index contributed by atoms with van der Waals surface area (Å²) in [6, 6.07) is 0.0289. The van der Waals surface area contributed by atoms with Crippen LogP contribution < -0.4 is 5.32 Å². The predicted molar refractivity (Wildman–Crippen MR) is 54.5 cm³/mol. The van der Waals surface area contributed by atoms with Crippen LogP contribution >= 0.6 is 15.9 Å². The first-order chi connectivity index (χ1) is 6.26. The lowest BCUT2D eigenvalue weighted by molar-refractivity contribution is 0.271. The van der Waals surface area contributed by atoms with Gasteiger partial charge in [-0.05, 0) is 22.4 Å². The molecule has 4 nitrogen and oxygen atoms in total. The number of aliphatic hydroxyl groups excluding tert-OH is 1. The van der Waals surface area contributed by atoms with Crippen molar-refractivity contribution in [1.82, 2.24) is 9.97 Å². The topological polar surface area (TPSA) is 58.0 Å². The fraction of sp³-hybridized carbons (Fsp3) is 0.500. The number of hydrogen-bond acceptors (Lipinski definition) is 4. The smallest absolute Gasteiger partial charge is 0.222 e. The number of anilines is 1. The minimum Gasteiger partial charge on any atom is -0.394 e. The van der Waals surface area contributed by atoms with Crippen molar-refractivity contribution < 1.29 is 5.11 Å². The molecule has 5 heteroatoms. The van der Waals surface area contributed by atoms with Crippen molar-refractivity contribution in [2.45, 2.75) is 19.4 Å². The van der Waals surface area contributed by atoms with E-state index in [1.54, 1.807) is 12.4 Å². The van der Waals surface area contributed by atoms with Crippen LogP contribution in [0.2, 0.25) is 0 Å². The first-order valence-corrected chi connectivity index (χ1v) is 4.90. The van der Waals surface area contributed by atoms with Gasteiger partial charge in [-0.1, -0.05) is 6.92 Å². The Morgan fingerprint density at radius 1 is 1.54 bits per heavy atom. The van der Waals surface area contributed by atoms with E-state index in [0.29, 0.717) is 5.95 Å². The van der Waals surface area contributed by atoms with Gasteiger partial charge in [-0.25, -0.2) is 9.97 Å². The second kappa shape index (κ2) is 5.14. The summed E-state index contributed by atoms with van der Waals surface area (Å²) in [4.78, 5) is 8.07. The molecule has 0 amide bonds. The van der Waals surface area contributed by atoms with Crippen LogP contribution in [0.15, 0.2) is 16.9 Å². The van der Waals surface area contributed by atoms with Crippen LogP contribution in [0.4, 0.5) is 5.95 Å². The maximum Gasteiger partial charge on any atom is 0.222 e. The summed E-state index contributed by atoms with van der Waals surface area (Å²) >= 11 is 3.24. The lowest BCUT2D eigenvalue weighted by Crippen LogP contribution is -2.23. The minimum absolute atomic E-state index is 0.0289. The number of rotatable bonds is 4. The van der Waals surface area contributed by atoms with Gasteiger partial charge in [0.25, 0.3) is 0 Å². The number of hydrogen-bond donors (Lipinski definition) is 2. The van der Waals surface area contributed by atoms with Crippen LogP contribution in [0.25, 0.3) is 0 Å². The Labute approximate surface area is 85.5 Å². The molecular formula is C8H12BrN3O. The van der Waals surface area contributed by atoms with Crippen LogP contribution in [-0.4, -0.2) is 27.7 Å². The summed E-state index contributed by atoms with van der Waals surface area (Å²) in [5.41, 5.74) is 0. The van der Waals surface area contributed by atoms with Crippen molar-refractivity contribution in [3.05, 3.63) is 16.9 Å². The van der Waals surface area contributed by atoms with Crippen molar-refractivity contribution in [2.24, 2.45) is 0 Å². The van der Waals surface area contributed by atoms with Gasteiger partial charge in [0.15, 0.2) is 0 Å². The van der Waals surface area contributed by atoms with E-state index < -0.39 is 0 Å². The molecule has 13 heavy (non-hydrogen) atoms. The standard InChI is InChI=1S/C8H12BrN3O/c1-2-7(5-13)12-8-10-3-6(9)4-11-8/h3-4,7,13H,2,5H2,1H3,(H,10,11,12)/t7-/m0/s1. The van der Waals surface area contributed by atoms with E-state index in [2.05, 4.69) is 31.2 Å². The maximum absolute atomic E-state index is 8.91. The van der Waals surface area contributed by atoms with E-state index in [1.165, 1.54) is 0 Å². The van der Waals surface area contributed by atoms with Gasteiger partial charge in [-0.15, -0.1) is 0 Å². The fourth-order valence-corrected chi connectivity index (χ4v) is 1.05. The third-order valence-corrected chi connectivity index (χ3v) is 2.08. The first-order valence-electron chi connectivity index (χ1n) is 4.11. The van der Waals surface area contributed by atoms with Crippen molar-refractivity contribution in [3.63, 3.8) is 0 Å².